The zero-order valence-electron chi connectivity index (χ0n) is 14.7. The molecule has 1 aliphatic rings. The van der Waals surface area contributed by atoms with Crippen LogP contribution in [0.5, 0.6) is 0 Å². The van der Waals surface area contributed by atoms with Crippen molar-refractivity contribution in [3.05, 3.63) is 102 Å². The van der Waals surface area contributed by atoms with Crippen molar-refractivity contribution in [1.29, 1.82) is 0 Å². The normalized spacial score (nSPS) is 16.0. The number of aromatic nitrogens is 2. The van der Waals surface area contributed by atoms with Gasteiger partial charge in [-0.05, 0) is 11.1 Å². The third-order valence-corrected chi connectivity index (χ3v) is 4.91. The molecule has 1 aliphatic heterocycles. The Morgan fingerprint density at radius 3 is 2.08 bits per heavy atom. The lowest BCUT2D eigenvalue weighted by Gasteiger charge is -2.31. The van der Waals surface area contributed by atoms with Gasteiger partial charge in [-0.2, -0.15) is 0 Å². The van der Waals surface area contributed by atoms with E-state index in [1.54, 1.807) is 6.20 Å². The Morgan fingerprint density at radius 2 is 1.58 bits per heavy atom. The van der Waals surface area contributed by atoms with E-state index in [4.69, 9.17) is 10.7 Å². The Kier molecular flexibility index (Phi) is 3.84. The second-order valence-electron chi connectivity index (χ2n) is 6.40. The Balaban J connectivity index is 1.83. The molecule has 130 valence electrons. The minimum absolute atomic E-state index is 0.450. The number of guanidine groups is 1. The van der Waals surface area contributed by atoms with Crippen molar-refractivity contribution in [3.63, 3.8) is 0 Å². The molecule has 2 N–H and O–H groups in total. The number of aliphatic imine (C=N–C) groups is 1. The fourth-order valence-corrected chi connectivity index (χ4v) is 3.48. The smallest absolute Gasteiger partial charge is 0.197 e. The number of aryl methyl sites for hydroxylation is 1. The molecule has 0 aliphatic carbocycles. The summed E-state index contributed by atoms with van der Waals surface area (Å²) in [4.78, 5) is 11.3. The summed E-state index contributed by atoms with van der Waals surface area (Å²) in [5.41, 5.74) is 8.56. The van der Waals surface area contributed by atoms with Gasteiger partial charge in [0.1, 0.15) is 5.82 Å². The standard InChI is InChI=1S/C21H21N5/c1-16-21(17-9-5-3-6-10-17,18-11-7-4-8-12-18)24-20(22)26(16)15-19-23-13-14-25(19)2/h3-14H,1,15H2,2H3,(H2,22,24). The first-order valence-corrected chi connectivity index (χ1v) is 8.52. The van der Waals surface area contributed by atoms with Crippen molar-refractivity contribution in [1.82, 2.24) is 14.5 Å². The van der Waals surface area contributed by atoms with Gasteiger partial charge < -0.3 is 15.2 Å². The Labute approximate surface area is 153 Å². The minimum atomic E-state index is -0.724. The molecule has 0 unspecified atom stereocenters. The van der Waals surface area contributed by atoms with Crippen LogP contribution in [0.4, 0.5) is 0 Å². The third kappa shape index (κ3) is 2.40. The first kappa shape index (κ1) is 16.1. The van der Waals surface area contributed by atoms with Gasteiger partial charge >= 0.3 is 0 Å². The molecule has 0 radical (unpaired) electrons. The lowest BCUT2D eigenvalue weighted by atomic mass is 9.81. The number of benzene rings is 2. The second-order valence-corrected chi connectivity index (χ2v) is 6.40. The fourth-order valence-electron chi connectivity index (χ4n) is 3.48. The molecule has 26 heavy (non-hydrogen) atoms. The summed E-state index contributed by atoms with van der Waals surface area (Å²) in [7, 11) is 1.97. The van der Waals surface area contributed by atoms with Crippen LogP contribution in [0.25, 0.3) is 0 Å². The number of nitrogens with zero attached hydrogens (tertiary/aromatic N) is 4. The van der Waals surface area contributed by atoms with Crippen molar-refractivity contribution < 1.29 is 0 Å². The largest absolute Gasteiger partial charge is 0.369 e. The average molecular weight is 343 g/mol. The van der Waals surface area contributed by atoms with Crippen LogP contribution < -0.4 is 5.73 Å². The number of rotatable bonds is 4. The number of hydrogen-bond acceptors (Lipinski definition) is 4. The van der Waals surface area contributed by atoms with E-state index in [2.05, 4.69) is 35.8 Å². The lowest BCUT2D eigenvalue weighted by Crippen LogP contribution is -2.35. The molecule has 5 heteroatoms. The van der Waals surface area contributed by atoms with Crippen LogP contribution in [0.3, 0.4) is 0 Å². The van der Waals surface area contributed by atoms with Crippen molar-refractivity contribution in [2.24, 2.45) is 17.8 Å². The highest BCUT2D eigenvalue weighted by Crippen LogP contribution is 2.45. The molecule has 2 aromatic carbocycles. The molecule has 0 spiro atoms. The van der Waals surface area contributed by atoms with E-state index in [1.807, 2.05) is 59.1 Å². The van der Waals surface area contributed by atoms with Gasteiger partial charge in [0.15, 0.2) is 11.5 Å². The summed E-state index contributed by atoms with van der Waals surface area (Å²) >= 11 is 0. The number of nitrogens with two attached hydrogens (primary N) is 1. The van der Waals surface area contributed by atoms with Crippen LogP contribution in [0, 0.1) is 0 Å². The topological polar surface area (TPSA) is 59.4 Å². The monoisotopic (exact) mass is 343 g/mol. The highest BCUT2D eigenvalue weighted by molar-refractivity contribution is 5.85. The maximum absolute atomic E-state index is 6.36. The average Bonchev–Trinajstić information content (AvgIpc) is 3.20. The Hall–Kier alpha value is -3.34. The van der Waals surface area contributed by atoms with Crippen molar-refractivity contribution >= 4 is 5.96 Å². The van der Waals surface area contributed by atoms with E-state index in [-0.39, 0.29) is 0 Å². The van der Waals surface area contributed by atoms with Crippen LogP contribution in [0.1, 0.15) is 17.0 Å². The van der Waals surface area contributed by atoms with Crippen LogP contribution in [-0.2, 0) is 19.1 Å². The van der Waals surface area contributed by atoms with E-state index in [9.17, 15) is 0 Å². The SMILES string of the molecule is C=C1N(Cc2nccn2C)C(N)=NC1(c1ccccc1)c1ccccc1. The van der Waals surface area contributed by atoms with Gasteiger partial charge in [-0.1, -0.05) is 67.2 Å². The molecule has 0 bridgehead atoms. The minimum Gasteiger partial charge on any atom is -0.369 e. The summed E-state index contributed by atoms with van der Waals surface area (Å²) in [5.74, 6) is 1.35. The van der Waals surface area contributed by atoms with E-state index in [1.165, 1.54) is 0 Å². The lowest BCUT2D eigenvalue weighted by molar-refractivity contribution is 0.448. The second kappa shape index (κ2) is 6.19. The third-order valence-electron chi connectivity index (χ3n) is 4.91. The maximum Gasteiger partial charge on any atom is 0.197 e. The van der Waals surface area contributed by atoms with Crippen LogP contribution in [0.15, 0.2) is 90.3 Å². The van der Waals surface area contributed by atoms with Gasteiger partial charge in [0.2, 0.25) is 0 Å². The number of imidazole rings is 1. The van der Waals surface area contributed by atoms with Gasteiger partial charge in [-0.25, -0.2) is 9.98 Å². The maximum atomic E-state index is 6.36. The molecule has 0 atom stereocenters. The molecular weight excluding hydrogens is 322 g/mol. The van der Waals surface area contributed by atoms with E-state index in [0.29, 0.717) is 12.5 Å². The molecule has 5 nitrogen and oxygen atoms in total. The summed E-state index contributed by atoms with van der Waals surface area (Å²) in [5, 5.41) is 0. The van der Waals surface area contributed by atoms with Gasteiger partial charge in [-0.3, -0.25) is 0 Å². The zero-order valence-corrected chi connectivity index (χ0v) is 14.7. The van der Waals surface area contributed by atoms with Gasteiger partial charge in [0.05, 0.1) is 12.2 Å². The van der Waals surface area contributed by atoms with E-state index < -0.39 is 5.54 Å². The van der Waals surface area contributed by atoms with Crippen molar-refractivity contribution in [2.45, 2.75) is 12.1 Å². The molecule has 3 aromatic rings. The van der Waals surface area contributed by atoms with Crippen LogP contribution >= 0.6 is 0 Å². The number of hydrogen-bond donors (Lipinski definition) is 1. The molecule has 0 fully saturated rings. The molecular formula is C21H21N5. The molecule has 4 rings (SSSR count). The molecule has 0 saturated heterocycles. The summed E-state index contributed by atoms with van der Waals surface area (Å²) in [6, 6.07) is 20.3. The predicted octanol–water partition coefficient (Wildman–Crippen LogP) is 3.01. The van der Waals surface area contributed by atoms with Gasteiger partial charge in [-0.15, -0.1) is 0 Å². The fraction of sp³-hybridized carbons (Fsp3) is 0.143. The Bertz CT molecular complexity index is 917. The molecule has 1 aromatic heterocycles. The van der Waals surface area contributed by atoms with Crippen LogP contribution in [0.2, 0.25) is 0 Å². The van der Waals surface area contributed by atoms with Crippen LogP contribution in [-0.4, -0.2) is 20.4 Å². The Morgan fingerprint density at radius 1 is 1.00 bits per heavy atom. The zero-order chi connectivity index (χ0) is 18.1. The van der Waals surface area contributed by atoms with Gasteiger partial charge in [0.25, 0.3) is 0 Å². The van der Waals surface area contributed by atoms with Crippen molar-refractivity contribution in [2.75, 3.05) is 0 Å². The molecule has 0 saturated carbocycles. The van der Waals surface area contributed by atoms with Crippen molar-refractivity contribution in [3.8, 4) is 0 Å². The summed E-state index contributed by atoms with van der Waals surface area (Å²) in [6.07, 6.45) is 3.70. The first-order chi connectivity index (χ1) is 12.6. The van der Waals surface area contributed by atoms with E-state index >= 15 is 0 Å². The first-order valence-electron chi connectivity index (χ1n) is 8.52. The van der Waals surface area contributed by atoms with Gasteiger partial charge in [0, 0.05) is 19.4 Å². The molecule has 2 heterocycles. The predicted molar refractivity (Wildman–Crippen MR) is 103 cm³/mol. The molecule has 0 amide bonds. The summed E-state index contributed by atoms with van der Waals surface area (Å²) in [6.45, 7) is 4.92. The van der Waals surface area contributed by atoms with E-state index in [0.717, 1.165) is 22.6 Å². The summed E-state index contributed by atoms with van der Waals surface area (Å²) < 4.78 is 1.98. The quantitative estimate of drug-likeness (QED) is 0.792. The highest BCUT2D eigenvalue weighted by Gasteiger charge is 2.45. The highest BCUT2D eigenvalue weighted by atomic mass is 15.4.